The Morgan fingerprint density at radius 2 is 1.56 bits per heavy atom. The molecule has 1 unspecified atom stereocenters. The van der Waals surface area contributed by atoms with Gasteiger partial charge in [-0.2, -0.15) is 0 Å². The molecule has 1 atom stereocenters. The summed E-state index contributed by atoms with van der Waals surface area (Å²) in [5.41, 5.74) is 3.56. The van der Waals surface area contributed by atoms with Crippen LogP contribution in [0.1, 0.15) is 70.0 Å². The SMILES string of the molecule is CC(C)(C)c1ccc(C(CNC(=O)Nc2ccccc2)N2CCN(C3CCCCC3)CC2)cc1. The fraction of sp³-hybridized carbons (Fsp3) is 0.552. The van der Waals surface area contributed by atoms with Crippen molar-refractivity contribution in [3.8, 4) is 0 Å². The van der Waals surface area contributed by atoms with Gasteiger partial charge in [0.15, 0.2) is 0 Å². The Morgan fingerprint density at radius 1 is 0.912 bits per heavy atom. The largest absolute Gasteiger partial charge is 0.336 e. The predicted octanol–water partition coefficient (Wildman–Crippen LogP) is 5.80. The van der Waals surface area contributed by atoms with E-state index in [0.717, 1.165) is 37.9 Å². The van der Waals surface area contributed by atoms with E-state index >= 15 is 0 Å². The maximum atomic E-state index is 12.6. The summed E-state index contributed by atoms with van der Waals surface area (Å²) < 4.78 is 0. The van der Waals surface area contributed by atoms with Crippen LogP contribution in [-0.4, -0.2) is 54.6 Å². The molecule has 1 saturated carbocycles. The van der Waals surface area contributed by atoms with Gasteiger partial charge in [-0.05, 0) is 41.5 Å². The van der Waals surface area contributed by atoms with E-state index in [2.05, 4.69) is 65.5 Å². The average Bonchev–Trinajstić information content (AvgIpc) is 2.85. The quantitative estimate of drug-likeness (QED) is 0.571. The molecule has 5 nitrogen and oxygen atoms in total. The van der Waals surface area contributed by atoms with Crippen LogP contribution < -0.4 is 10.6 Å². The number of benzene rings is 2. The van der Waals surface area contributed by atoms with Gasteiger partial charge < -0.3 is 10.6 Å². The highest BCUT2D eigenvalue weighted by atomic mass is 16.2. The number of piperazine rings is 1. The Morgan fingerprint density at radius 3 is 2.18 bits per heavy atom. The van der Waals surface area contributed by atoms with Crippen molar-refractivity contribution in [2.45, 2.75) is 70.4 Å². The van der Waals surface area contributed by atoms with Crippen molar-refractivity contribution in [3.63, 3.8) is 0 Å². The zero-order chi connectivity index (χ0) is 24.0. The number of hydrogen-bond acceptors (Lipinski definition) is 3. The van der Waals surface area contributed by atoms with Crippen LogP contribution in [0.5, 0.6) is 0 Å². The number of carbonyl (C=O) groups excluding carboxylic acids is 1. The molecule has 34 heavy (non-hydrogen) atoms. The second kappa shape index (κ2) is 11.4. The molecule has 4 rings (SSSR count). The summed E-state index contributed by atoms with van der Waals surface area (Å²) in [5, 5.41) is 6.10. The van der Waals surface area contributed by atoms with E-state index in [4.69, 9.17) is 0 Å². The van der Waals surface area contributed by atoms with Gasteiger partial charge in [-0.1, -0.05) is 82.5 Å². The standard InChI is InChI=1S/C29H42N4O/c1-29(2,3)24-16-14-23(15-17-24)27(22-30-28(34)31-25-10-6-4-7-11-25)33-20-18-32(19-21-33)26-12-8-5-9-13-26/h4,6-7,10-11,14-17,26-27H,5,8-9,12-13,18-22H2,1-3H3,(H2,30,31,34). The minimum Gasteiger partial charge on any atom is -0.336 e. The van der Waals surface area contributed by atoms with E-state index in [1.807, 2.05) is 30.3 Å². The second-order valence-electron chi connectivity index (χ2n) is 11.0. The number of nitrogens with one attached hydrogen (secondary N) is 2. The zero-order valence-electron chi connectivity index (χ0n) is 21.2. The summed E-state index contributed by atoms with van der Waals surface area (Å²) in [4.78, 5) is 17.9. The molecule has 0 spiro atoms. The van der Waals surface area contributed by atoms with Crippen LogP contribution in [0.4, 0.5) is 10.5 Å². The van der Waals surface area contributed by atoms with E-state index in [-0.39, 0.29) is 17.5 Å². The van der Waals surface area contributed by atoms with Crippen molar-refractivity contribution < 1.29 is 4.79 Å². The molecule has 0 aromatic heterocycles. The monoisotopic (exact) mass is 462 g/mol. The van der Waals surface area contributed by atoms with E-state index in [1.54, 1.807) is 0 Å². The smallest absolute Gasteiger partial charge is 0.319 e. The van der Waals surface area contributed by atoms with Gasteiger partial charge >= 0.3 is 6.03 Å². The van der Waals surface area contributed by atoms with E-state index in [9.17, 15) is 4.79 Å². The third kappa shape index (κ3) is 6.61. The molecule has 2 N–H and O–H groups in total. The van der Waals surface area contributed by atoms with Gasteiger partial charge in [-0.15, -0.1) is 0 Å². The van der Waals surface area contributed by atoms with Crippen molar-refractivity contribution in [1.29, 1.82) is 0 Å². The first kappa shape index (κ1) is 24.7. The molecule has 2 aromatic carbocycles. The molecule has 2 aromatic rings. The first-order chi connectivity index (χ1) is 16.4. The predicted molar refractivity (Wildman–Crippen MR) is 141 cm³/mol. The highest BCUT2D eigenvalue weighted by Crippen LogP contribution is 2.29. The number of hydrogen-bond donors (Lipinski definition) is 2. The molecule has 184 valence electrons. The molecule has 2 aliphatic rings. The molecule has 1 heterocycles. The van der Waals surface area contributed by atoms with Crippen molar-refractivity contribution >= 4 is 11.7 Å². The van der Waals surface area contributed by atoms with E-state index < -0.39 is 0 Å². The van der Waals surface area contributed by atoms with E-state index in [0.29, 0.717) is 6.54 Å². The lowest BCUT2D eigenvalue weighted by atomic mass is 9.86. The fourth-order valence-corrected chi connectivity index (χ4v) is 5.41. The third-order valence-corrected chi connectivity index (χ3v) is 7.53. The number of rotatable bonds is 6. The highest BCUT2D eigenvalue weighted by molar-refractivity contribution is 5.89. The van der Waals surface area contributed by atoms with Gasteiger partial charge in [0.05, 0.1) is 6.04 Å². The van der Waals surface area contributed by atoms with Gasteiger partial charge in [-0.3, -0.25) is 9.80 Å². The summed E-state index contributed by atoms with van der Waals surface area (Å²) in [6, 6.07) is 19.5. The fourth-order valence-electron chi connectivity index (χ4n) is 5.41. The Kier molecular flexibility index (Phi) is 8.28. The Balaban J connectivity index is 1.42. The van der Waals surface area contributed by atoms with Crippen LogP contribution in [0.15, 0.2) is 54.6 Å². The Bertz CT molecular complexity index is 892. The molecule has 1 aliphatic carbocycles. The highest BCUT2D eigenvalue weighted by Gasteiger charge is 2.29. The summed E-state index contributed by atoms with van der Waals surface area (Å²) in [6.45, 7) is 11.7. The third-order valence-electron chi connectivity index (χ3n) is 7.53. The number of para-hydroxylation sites is 1. The number of nitrogens with zero attached hydrogens (tertiary/aromatic N) is 2. The van der Waals surface area contributed by atoms with Crippen LogP contribution in [0, 0.1) is 0 Å². The zero-order valence-corrected chi connectivity index (χ0v) is 21.2. The maximum Gasteiger partial charge on any atom is 0.319 e. The summed E-state index contributed by atoms with van der Waals surface area (Å²) in [7, 11) is 0. The van der Waals surface area contributed by atoms with Gasteiger partial charge in [-0.25, -0.2) is 4.79 Å². The van der Waals surface area contributed by atoms with Gasteiger partial charge in [0.25, 0.3) is 0 Å². The van der Waals surface area contributed by atoms with Crippen molar-refractivity contribution in [1.82, 2.24) is 15.1 Å². The number of urea groups is 1. The normalized spacial score (nSPS) is 19.5. The molecule has 0 bridgehead atoms. The topological polar surface area (TPSA) is 47.6 Å². The number of amides is 2. The van der Waals surface area contributed by atoms with Crippen molar-refractivity contribution in [3.05, 3.63) is 65.7 Å². The lowest BCUT2D eigenvalue weighted by Gasteiger charge is -2.43. The van der Waals surface area contributed by atoms with Gasteiger partial charge in [0, 0.05) is 44.5 Å². The lowest BCUT2D eigenvalue weighted by Crippen LogP contribution is -2.53. The minimum atomic E-state index is -0.150. The minimum absolute atomic E-state index is 0.132. The molecule has 1 saturated heterocycles. The Hall–Kier alpha value is -2.37. The van der Waals surface area contributed by atoms with Crippen LogP contribution in [0.2, 0.25) is 0 Å². The van der Waals surface area contributed by atoms with Gasteiger partial charge in [0.2, 0.25) is 0 Å². The first-order valence-corrected chi connectivity index (χ1v) is 13.1. The lowest BCUT2D eigenvalue weighted by molar-refractivity contribution is 0.0565. The van der Waals surface area contributed by atoms with Crippen LogP contribution in [0.25, 0.3) is 0 Å². The first-order valence-electron chi connectivity index (χ1n) is 13.1. The maximum absolute atomic E-state index is 12.6. The summed E-state index contributed by atoms with van der Waals surface area (Å²) >= 11 is 0. The summed E-state index contributed by atoms with van der Waals surface area (Å²) in [6.07, 6.45) is 6.89. The van der Waals surface area contributed by atoms with Crippen molar-refractivity contribution in [2.24, 2.45) is 0 Å². The number of carbonyl (C=O) groups is 1. The van der Waals surface area contributed by atoms with Crippen molar-refractivity contribution in [2.75, 3.05) is 38.0 Å². The number of anilines is 1. The molecular formula is C29H42N4O. The van der Waals surface area contributed by atoms with Crippen LogP contribution in [-0.2, 0) is 5.41 Å². The van der Waals surface area contributed by atoms with Gasteiger partial charge in [0.1, 0.15) is 0 Å². The average molecular weight is 463 g/mol. The van der Waals surface area contributed by atoms with Crippen LogP contribution in [0.3, 0.4) is 0 Å². The summed E-state index contributed by atoms with van der Waals surface area (Å²) in [5.74, 6) is 0. The molecule has 0 radical (unpaired) electrons. The second-order valence-corrected chi connectivity index (χ2v) is 11.0. The molecular weight excluding hydrogens is 420 g/mol. The van der Waals surface area contributed by atoms with E-state index in [1.165, 1.54) is 43.2 Å². The molecule has 5 heteroatoms. The van der Waals surface area contributed by atoms with Crippen LogP contribution >= 0.6 is 0 Å². The molecule has 1 aliphatic heterocycles. The molecule has 2 fully saturated rings. The molecule has 2 amide bonds. The Labute approximate surface area is 205 Å².